The van der Waals surface area contributed by atoms with Crippen molar-refractivity contribution in [3.05, 3.63) is 4.88 Å². The number of anilines is 2. The molecule has 0 aliphatic heterocycles. The van der Waals surface area contributed by atoms with E-state index in [9.17, 15) is 4.79 Å². The Labute approximate surface area is 111 Å². The maximum Gasteiger partial charge on any atom is 0.267 e. The summed E-state index contributed by atoms with van der Waals surface area (Å²) in [6.45, 7) is 5.93. The number of likely N-dealkylation sites (N-methyl/N-ethyl adjacent to an activating group) is 1. The fraction of sp³-hybridized carbons (Fsp3) is 0.636. The summed E-state index contributed by atoms with van der Waals surface area (Å²) in [5.41, 5.74) is 5.79. The molecule has 0 aliphatic carbocycles. The number of hydrogen-bond donors (Lipinski definition) is 2. The van der Waals surface area contributed by atoms with Crippen LogP contribution in [0.5, 0.6) is 0 Å². The number of carbonyl (C=O) groups excluding carboxylic acids is 1. The summed E-state index contributed by atoms with van der Waals surface area (Å²) in [6, 6.07) is 0. The van der Waals surface area contributed by atoms with Gasteiger partial charge in [0.2, 0.25) is 0 Å². The number of aliphatic hydroxyl groups excluding tert-OH is 1. The highest BCUT2D eigenvalue weighted by atomic mass is 32.1. The molecule has 18 heavy (non-hydrogen) atoms. The van der Waals surface area contributed by atoms with E-state index in [1.54, 1.807) is 7.05 Å². The predicted octanol–water partition coefficient (Wildman–Crippen LogP) is 0.636. The van der Waals surface area contributed by atoms with Crippen molar-refractivity contribution < 1.29 is 9.90 Å². The Hall–Kier alpha value is -1.34. The van der Waals surface area contributed by atoms with Crippen LogP contribution >= 0.6 is 11.3 Å². The third-order valence-corrected chi connectivity index (χ3v) is 3.77. The van der Waals surface area contributed by atoms with Crippen LogP contribution in [-0.2, 0) is 0 Å². The minimum atomic E-state index is -0.197. The Morgan fingerprint density at radius 3 is 2.56 bits per heavy atom. The van der Waals surface area contributed by atoms with Crippen LogP contribution in [-0.4, -0.2) is 54.2 Å². The van der Waals surface area contributed by atoms with E-state index < -0.39 is 0 Å². The van der Waals surface area contributed by atoms with E-state index in [4.69, 9.17) is 10.8 Å². The first kappa shape index (κ1) is 14.7. The van der Waals surface area contributed by atoms with Crippen LogP contribution < -0.4 is 10.6 Å². The largest absolute Gasteiger partial charge is 0.395 e. The number of nitrogens with two attached hydrogens (primary N) is 1. The lowest BCUT2D eigenvalue weighted by molar-refractivity contribution is 0.0772. The highest BCUT2D eigenvalue weighted by Crippen LogP contribution is 2.28. The van der Waals surface area contributed by atoms with Gasteiger partial charge in [0.05, 0.1) is 6.61 Å². The van der Waals surface area contributed by atoms with Crippen molar-refractivity contribution in [2.24, 2.45) is 0 Å². The smallest absolute Gasteiger partial charge is 0.267 e. The number of aromatic nitrogens is 1. The Morgan fingerprint density at radius 2 is 2.06 bits per heavy atom. The zero-order chi connectivity index (χ0) is 13.7. The highest BCUT2D eigenvalue weighted by molar-refractivity contribution is 7.18. The summed E-state index contributed by atoms with van der Waals surface area (Å²) >= 11 is 1.30. The zero-order valence-corrected chi connectivity index (χ0v) is 11.8. The van der Waals surface area contributed by atoms with Crippen molar-refractivity contribution in [3.8, 4) is 0 Å². The molecular formula is C11H20N4O2S. The topological polar surface area (TPSA) is 82.7 Å². The Bertz CT molecular complexity index is 404. The first-order valence-corrected chi connectivity index (χ1v) is 6.74. The Balaban J connectivity index is 2.94. The number of nitrogen functional groups attached to an aromatic ring is 1. The van der Waals surface area contributed by atoms with E-state index >= 15 is 0 Å². The lowest BCUT2D eigenvalue weighted by Crippen LogP contribution is -2.29. The molecule has 0 atom stereocenters. The second-order valence-electron chi connectivity index (χ2n) is 3.83. The molecule has 1 rings (SSSR count). The quantitative estimate of drug-likeness (QED) is 0.794. The van der Waals surface area contributed by atoms with Gasteiger partial charge in [0.25, 0.3) is 5.91 Å². The molecule has 7 heteroatoms. The van der Waals surface area contributed by atoms with Crippen LogP contribution in [0.2, 0.25) is 0 Å². The van der Waals surface area contributed by atoms with Gasteiger partial charge >= 0.3 is 0 Å². The van der Waals surface area contributed by atoms with Gasteiger partial charge in [-0.1, -0.05) is 11.3 Å². The first-order valence-electron chi connectivity index (χ1n) is 5.92. The second kappa shape index (κ2) is 6.55. The minimum Gasteiger partial charge on any atom is -0.395 e. The molecule has 1 amide bonds. The van der Waals surface area contributed by atoms with Gasteiger partial charge in [0.15, 0.2) is 5.13 Å². The molecule has 1 aromatic rings. The van der Waals surface area contributed by atoms with E-state index in [1.165, 1.54) is 16.2 Å². The van der Waals surface area contributed by atoms with Gasteiger partial charge < -0.3 is 20.6 Å². The minimum absolute atomic E-state index is 0.0656. The maximum absolute atomic E-state index is 12.1. The zero-order valence-electron chi connectivity index (χ0n) is 11.0. The predicted molar refractivity (Wildman–Crippen MR) is 74.1 cm³/mol. The summed E-state index contributed by atoms with van der Waals surface area (Å²) in [7, 11) is 1.63. The molecule has 0 aliphatic rings. The van der Waals surface area contributed by atoms with Gasteiger partial charge in [-0.2, -0.15) is 0 Å². The van der Waals surface area contributed by atoms with Crippen molar-refractivity contribution in [3.63, 3.8) is 0 Å². The maximum atomic E-state index is 12.1. The molecule has 0 spiro atoms. The van der Waals surface area contributed by atoms with E-state index in [2.05, 4.69) is 4.98 Å². The lowest BCUT2D eigenvalue weighted by atomic mass is 10.4. The van der Waals surface area contributed by atoms with Crippen LogP contribution in [0.4, 0.5) is 10.9 Å². The molecule has 0 radical (unpaired) electrons. The van der Waals surface area contributed by atoms with E-state index in [1.807, 2.05) is 18.7 Å². The monoisotopic (exact) mass is 272 g/mol. The van der Waals surface area contributed by atoms with Crippen molar-refractivity contribution >= 4 is 28.2 Å². The summed E-state index contributed by atoms with van der Waals surface area (Å²) in [5, 5.41) is 9.59. The summed E-state index contributed by atoms with van der Waals surface area (Å²) in [4.78, 5) is 20.2. The van der Waals surface area contributed by atoms with Gasteiger partial charge in [-0.05, 0) is 13.8 Å². The molecule has 1 aromatic heterocycles. The molecule has 1 heterocycles. The van der Waals surface area contributed by atoms with Crippen LogP contribution in [0.1, 0.15) is 23.5 Å². The van der Waals surface area contributed by atoms with Gasteiger partial charge in [-0.25, -0.2) is 4.98 Å². The molecule has 0 unspecified atom stereocenters. The van der Waals surface area contributed by atoms with Crippen LogP contribution in [0, 0.1) is 0 Å². The molecule has 3 N–H and O–H groups in total. The van der Waals surface area contributed by atoms with Gasteiger partial charge in [-0.15, -0.1) is 0 Å². The van der Waals surface area contributed by atoms with Crippen molar-refractivity contribution in [2.75, 3.05) is 43.9 Å². The first-order chi connectivity index (χ1) is 8.54. The molecule has 6 nitrogen and oxygen atoms in total. The van der Waals surface area contributed by atoms with Crippen molar-refractivity contribution in [2.45, 2.75) is 13.8 Å². The van der Waals surface area contributed by atoms with Gasteiger partial charge in [-0.3, -0.25) is 4.79 Å². The Kier molecular flexibility index (Phi) is 5.36. The third-order valence-electron chi connectivity index (χ3n) is 2.65. The molecule has 0 aromatic carbocycles. The van der Waals surface area contributed by atoms with Crippen LogP contribution in [0.15, 0.2) is 0 Å². The lowest BCUT2D eigenvalue weighted by Gasteiger charge is -2.16. The molecule has 0 saturated heterocycles. The van der Waals surface area contributed by atoms with E-state index in [0.717, 1.165) is 18.2 Å². The fourth-order valence-electron chi connectivity index (χ4n) is 1.53. The summed E-state index contributed by atoms with van der Waals surface area (Å²) in [6.07, 6.45) is 0. The van der Waals surface area contributed by atoms with E-state index in [-0.39, 0.29) is 24.9 Å². The number of carbonyl (C=O) groups is 1. The number of amides is 1. The number of aliphatic hydroxyl groups is 1. The summed E-state index contributed by atoms with van der Waals surface area (Å²) < 4.78 is 0. The van der Waals surface area contributed by atoms with Gasteiger partial charge in [0, 0.05) is 26.7 Å². The molecule has 0 fully saturated rings. The number of nitrogens with zero attached hydrogens (tertiary/aromatic N) is 3. The van der Waals surface area contributed by atoms with Crippen molar-refractivity contribution in [1.82, 2.24) is 9.88 Å². The normalized spacial score (nSPS) is 10.4. The molecule has 0 bridgehead atoms. The molecular weight excluding hydrogens is 252 g/mol. The SMILES string of the molecule is CCN(CC)c1nc(N)c(C(=O)N(C)CCO)s1. The second-order valence-corrected chi connectivity index (χ2v) is 4.81. The Morgan fingerprint density at radius 1 is 1.44 bits per heavy atom. The fourth-order valence-corrected chi connectivity index (χ4v) is 2.63. The van der Waals surface area contributed by atoms with Crippen LogP contribution in [0.25, 0.3) is 0 Å². The van der Waals surface area contributed by atoms with E-state index in [0.29, 0.717) is 4.88 Å². The third kappa shape index (κ3) is 3.11. The number of hydrogen-bond acceptors (Lipinski definition) is 6. The summed E-state index contributed by atoms with van der Waals surface area (Å²) in [5.74, 6) is 0.0640. The van der Waals surface area contributed by atoms with Gasteiger partial charge in [0.1, 0.15) is 10.7 Å². The average molecular weight is 272 g/mol. The standard InChI is InChI=1S/C11H20N4O2S/c1-4-15(5-2)11-13-9(12)8(18-11)10(17)14(3)6-7-16/h16H,4-7,12H2,1-3H3. The highest BCUT2D eigenvalue weighted by Gasteiger charge is 2.21. The van der Waals surface area contributed by atoms with Crippen LogP contribution in [0.3, 0.4) is 0 Å². The molecule has 102 valence electrons. The molecule has 0 saturated carbocycles. The van der Waals surface area contributed by atoms with Crippen molar-refractivity contribution in [1.29, 1.82) is 0 Å². The average Bonchev–Trinajstić information content (AvgIpc) is 2.72. The number of thiazole rings is 1. The number of rotatable bonds is 6.